The number of amides is 2. The average molecular weight is 389 g/mol. The molecule has 2 rings (SSSR count). The van der Waals surface area contributed by atoms with Gasteiger partial charge in [0.25, 0.3) is 0 Å². The van der Waals surface area contributed by atoms with Gasteiger partial charge in [0.2, 0.25) is 0 Å². The second-order valence-corrected chi connectivity index (χ2v) is 5.62. The Balaban J connectivity index is 1.88. The lowest BCUT2D eigenvalue weighted by molar-refractivity contribution is -0.153. The van der Waals surface area contributed by atoms with E-state index in [9.17, 15) is 18.0 Å². The Morgan fingerprint density at radius 3 is 2.62 bits per heavy atom. The first-order valence-electron chi connectivity index (χ1n) is 7.44. The second-order valence-electron chi connectivity index (χ2n) is 5.21. The molecule has 0 unspecified atom stereocenters. The van der Waals surface area contributed by atoms with Crippen molar-refractivity contribution < 1.29 is 27.4 Å². The van der Waals surface area contributed by atoms with Gasteiger partial charge in [-0.1, -0.05) is 23.7 Å². The molecule has 0 heterocycles. The minimum Gasteiger partial charge on any atom is -0.495 e. The molecule has 26 heavy (non-hydrogen) atoms. The predicted octanol–water partition coefficient (Wildman–Crippen LogP) is 4.61. The zero-order valence-electron chi connectivity index (χ0n) is 13.7. The van der Waals surface area contributed by atoms with Crippen molar-refractivity contribution in [2.75, 3.05) is 19.0 Å². The lowest BCUT2D eigenvalue weighted by atomic mass is 10.2. The molecule has 0 atom stereocenters. The van der Waals surface area contributed by atoms with Crippen molar-refractivity contribution in [1.29, 1.82) is 0 Å². The summed E-state index contributed by atoms with van der Waals surface area (Å²) in [6, 6.07) is 10.3. The van der Waals surface area contributed by atoms with Gasteiger partial charge in [-0.25, -0.2) is 4.79 Å². The van der Waals surface area contributed by atoms with E-state index in [1.54, 1.807) is 24.3 Å². The van der Waals surface area contributed by atoms with Gasteiger partial charge >= 0.3 is 12.2 Å². The van der Waals surface area contributed by atoms with E-state index in [4.69, 9.17) is 16.3 Å². The number of carbonyl (C=O) groups excluding carboxylic acids is 1. The summed E-state index contributed by atoms with van der Waals surface area (Å²) in [5, 5.41) is 5.53. The van der Waals surface area contributed by atoms with E-state index in [0.29, 0.717) is 22.0 Å². The topological polar surface area (TPSA) is 59.6 Å². The maximum atomic E-state index is 12.2. The maximum Gasteiger partial charge on any atom is 0.422 e. The molecule has 5 nitrogen and oxygen atoms in total. The summed E-state index contributed by atoms with van der Waals surface area (Å²) in [5.41, 5.74) is 1.06. The summed E-state index contributed by atoms with van der Waals surface area (Å²) < 4.78 is 46.2. The smallest absolute Gasteiger partial charge is 0.422 e. The molecular formula is C17H16ClF3N2O3. The summed E-state index contributed by atoms with van der Waals surface area (Å²) in [4.78, 5) is 11.9. The van der Waals surface area contributed by atoms with Crippen LogP contribution in [0.4, 0.5) is 23.7 Å². The highest BCUT2D eigenvalue weighted by atomic mass is 35.5. The number of carbonyl (C=O) groups is 1. The van der Waals surface area contributed by atoms with Crippen LogP contribution in [-0.2, 0) is 6.54 Å². The first-order chi connectivity index (χ1) is 12.3. The molecule has 2 amide bonds. The molecule has 0 aliphatic rings. The van der Waals surface area contributed by atoms with Gasteiger partial charge in [-0.3, -0.25) is 0 Å². The Hall–Kier alpha value is -2.61. The molecule has 9 heteroatoms. The molecule has 0 saturated carbocycles. The standard InChI is InChI=1S/C17H16ClF3N2O3/c1-25-15-6-5-12(8-14(15)18)23-16(24)22-9-11-3-2-4-13(7-11)26-10-17(19,20)21/h2-8H,9-10H2,1H3,(H2,22,23,24). The number of halogens is 4. The largest absolute Gasteiger partial charge is 0.495 e. The van der Waals surface area contributed by atoms with E-state index in [2.05, 4.69) is 15.4 Å². The van der Waals surface area contributed by atoms with Gasteiger partial charge in [-0.05, 0) is 35.9 Å². The third-order valence-corrected chi connectivity index (χ3v) is 3.46. The van der Waals surface area contributed by atoms with E-state index in [1.165, 1.54) is 25.3 Å². The minimum atomic E-state index is -4.41. The maximum absolute atomic E-state index is 12.2. The summed E-state index contributed by atoms with van der Waals surface area (Å²) in [6.45, 7) is -1.26. The van der Waals surface area contributed by atoms with E-state index in [-0.39, 0.29) is 12.3 Å². The quantitative estimate of drug-likeness (QED) is 0.759. The van der Waals surface area contributed by atoms with Crippen LogP contribution in [0.3, 0.4) is 0 Å². The Bertz CT molecular complexity index is 769. The Morgan fingerprint density at radius 1 is 1.19 bits per heavy atom. The number of methoxy groups -OCH3 is 1. The molecule has 0 aliphatic heterocycles. The molecule has 0 spiro atoms. The minimum absolute atomic E-state index is 0.0731. The van der Waals surface area contributed by atoms with Crippen molar-refractivity contribution >= 4 is 23.3 Å². The Morgan fingerprint density at radius 2 is 1.96 bits per heavy atom. The summed E-state index contributed by atoms with van der Waals surface area (Å²) in [6.07, 6.45) is -4.41. The number of alkyl halides is 3. The monoisotopic (exact) mass is 388 g/mol. The number of nitrogens with one attached hydrogen (secondary N) is 2. The van der Waals surface area contributed by atoms with Crippen molar-refractivity contribution in [3.63, 3.8) is 0 Å². The molecule has 2 N–H and O–H groups in total. The van der Waals surface area contributed by atoms with Crippen LogP contribution in [0.5, 0.6) is 11.5 Å². The van der Waals surface area contributed by atoms with E-state index in [1.807, 2.05) is 0 Å². The highest BCUT2D eigenvalue weighted by Gasteiger charge is 2.28. The molecule has 0 fully saturated rings. The molecule has 0 radical (unpaired) electrons. The lowest BCUT2D eigenvalue weighted by Crippen LogP contribution is -2.28. The van der Waals surface area contributed by atoms with Crippen molar-refractivity contribution in [2.24, 2.45) is 0 Å². The van der Waals surface area contributed by atoms with Crippen molar-refractivity contribution in [3.05, 3.63) is 53.1 Å². The number of benzene rings is 2. The zero-order valence-corrected chi connectivity index (χ0v) is 14.4. The molecule has 0 aromatic heterocycles. The number of urea groups is 1. The van der Waals surface area contributed by atoms with E-state index < -0.39 is 18.8 Å². The zero-order chi connectivity index (χ0) is 19.2. The van der Waals surface area contributed by atoms with Crippen LogP contribution in [0.2, 0.25) is 5.02 Å². The number of anilines is 1. The lowest BCUT2D eigenvalue weighted by Gasteiger charge is -2.11. The van der Waals surface area contributed by atoms with E-state index in [0.717, 1.165) is 0 Å². The first kappa shape index (κ1) is 19.7. The van der Waals surface area contributed by atoms with Gasteiger partial charge < -0.3 is 20.1 Å². The molecule has 0 bridgehead atoms. The Kier molecular flexibility index (Phi) is 6.57. The van der Waals surface area contributed by atoms with Gasteiger partial charge in [0.05, 0.1) is 12.1 Å². The van der Waals surface area contributed by atoms with Crippen molar-refractivity contribution in [2.45, 2.75) is 12.7 Å². The molecule has 0 aliphatic carbocycles. The van der Waals surface area contributed by atoms with Gasteiger partial charge in [0, 0.05) is 12.2 Å². The van der Waals surface area contributed by atoms with Crippen LogP contribution >= 0.6 is 11.6 Å². The number of hydrogen-bond acceptors (Lipinski definition) is 3. The van der Waals surface area contributed by atoms with Crippen LogP contribution in [0.15, 0.2) is 42.5 Å². The van der Waals surface area contributed by atoms with Crippen molar-refractivity contribution in [3.8, 4) is 11.5 Å². The highest BCUT2D eigenvalue weighted by molar-refractivity contribution is 6.32. The normalized spacial score (nSPS) is 11.0. The first-order valence-corrected chi connectivity index (χ1v) is 7.81. The number of hydrogen-bond donors (Lipinski definition) is 2. The van der Waals surface area contributed by atoms with Crippen LogP contribution < -0.4 is 20.1 Å². The summed E-state index contributed by atoms with van der Waals surface area (Å²) in [7, 11) is 1.48. The number of ether oxygens (including phenoxy) is 2. The Labute approximate surface area is 153 Å². The molecule has 2 aromatic rings. The average Bonchev–Trinajstić information content (AvgIpc) is 2.58. The summed E-state index contributed by atoms with van der Waals surface area (Å²) in [5.74, 6) is 0.553. The fraction of sp³-hybridized carbons (Fsp3) is 0.235. The number of rotatable bonds is 6. The van der Waals surface area contributed by atoms with Crippen LogP contribution in [0.25, 0.3) is 0 Å². The molecule has 2 aromatic carbocycles. The van der Waals surface area contributed by atoms with Crippen LogP contribution in [0, 0.1) is 0 Å². The fourth-order valence-electron chi connectivity index (χ4n) is 2.01. The van der Waals surface area contributed by atoms with Crippen LogP contribution in [0.1, 0.15) is 5.56 Å². The SMILES string of the molecule is COc1ccc(NC(=O)NCc2cccc(OCC(F)(F)F)c2)cc1Cl. The van der Waals surface area contributed by atoms with Gasteiger partial charge in [-0.2, -0.15) is 13.2 Å². The third-order valence-electron chi connectivity index (χ3n) is 3.16. The van der Waals surface area contributed by atoms with Crippen molar-refractivity contribution in [1.82, 2.24) is 5.32 Å². The highest BCUT2D eigenvalue weighted by Crippen LogP contribution is 2.27. The van der Waals surface area contributed by atoms with Gasteiger partial charge in [0.15, 0.2) is 6.61 Å². The fourth-order valence-corrected chi connectivity index (χ4v) is 2.27. The third kappa shape index (κ3) is 6.36. The predicted molar refractivity (Wildman–Crippen MR) is 91.9 cm³/mol. The second kappa shape index (κ2) is 8.66. The molecule has 140 valence electrons. The van der Waals surface area contributed by atoms with Gasteiger partial charge in [0.1, 0.15) is 11.5 Å². The summed E-state index contributed by atoms with van der Waals surface area (Å²) >= 11 is 5.97. The van der Waals surface area contributed by atoms with Gasteiger partial charge in [-0.15, -0.1) is 0 Å². The molecular weight excluding hydrogens is 373 g/mol. The van der Waals surface area contributed by atoms with Crippen LogP contribution in [-0.4, -0.2) is 25.9 Å². The molecule has 0 saturated heterocycles. The van der Waals surface area contributed by atoms with E-state index >= 15 is 0 Å².